The lowest BCUT2D eigenvalue weighted by Crippen LogP contribution is -2.30. The Bertz CT molecular complexity index is 365. The van der Waals surface area contributed by atoms with E-state index in [9.17, 15) is 13.2 Å². The van der Waals surface area contributed by atoms with Gasteiger partial charge in [0.15, 0.2) is 0 Å². The van der Waals surface area contributed by atoms with Gasteiger partial charge >= 0.3 is 6.18 Å². The van der Waals surface area contributed by atoms with E-state index in [1.807, 2.05) is 0 Å². The Balaban J connectivity index is 1.98. The number of hydrogen-bond donors (Lipinski definition) is 1. The SMILES string of the molecule is CC(Nc1ccc(C(F)(F)F)cc1)C1CCC1. The topological polar surface area (TPSA) is 12.0 Å². The van der Waals surface area contributed by atoms with E-state index in [1.165, 1.54) is 31.4 Å². The van der Waals surface area contributed by atoms with Gasteiger partial charge in [0.2, 0.25) is 0 Å². The summed E-state index contributed by atoms with van der Waals surface area (Å²) in [4.78, 5) is 0. The highest BCUT2D eigenvalue weighted by Gasteiger charge is 2.30. The fraction of sp³-hybridized carbons (Fsp3) is 0.538. The maximum atomic E-state index is 12.4. The summed E-state index contributed by atoms with van der Waals surface area (Å²) in [6.07, 6.45) is -0.550. The molecule has 17 heavy (non-hydrogen) atoms. The molecule has 1 aromatic carbocycles. The predicted molar refractivity (Wildman–Crippen MR) is 61.9 cm³/mol. The first-order chi connectivity index (χ1) is 7.97. The Morgan fingerprint density at radius 3 is 2.18 bits per heavy atom. The van der Waals surface area contributed by atoms with Crippen molar-refractivity contribution in [1.29, 1.82) is 0 Å². The molecule has 1 nitrogen and oxygen atoms in total. The molecule has 1 aliphatic rings. The Labute approximate surface area is 99.0 Å². The van der Waals surface area contributed by atoms with E-state index in [-0.39, 0.29) is 0 Å². The molecule has 1 atom stereocenters. The van der Waals surface area contributed by atoms with E-state index in [0.29, 0.717) is 12.0 Å². The second-order valence-electron chi connectivity index (χ2n) is 4.70. The van der Waals surface area contributed by atoms with E-state index in [2.05, 4.69) is 12.2 Å². The third-order valence-electron chi connectivity index (χ3n) is 3.46. The maximum Gasteiger partial charge on any atom is 0.416 e. The summed E-state index contributed by atoms with van der Waals surface area (Å²) in [5, 5.41) is 3.26. The van der Waals surface area contributed by atoms with Gasteiger partial charge in [0, 0.05) is 11.7 Å². The standard InChI is InChI=1S/C13H16F3N/c1-9(10-3-2-4-10)17-12-7-5-11(6-8-12)13(14,15)16/h5-10,17H,2-4H2,1H3. The van der Waals surface area contributed by atoms with Crippen molar-refractivity contribution in [3.8, 4) is 0 Å². The Hall–Kier alpha value is -1.19. The van der Waals surface area contributed by atoms with E-state index >= 15 is 0 Å². The van der Waals surface area contributed by atoms with Crippen molar-refractivity contribution >= 4 is 5.69 Å². The molecular formula is C13H16F3N. The van der Waals surface area contributed by atoms with Crippen molar-refractivity contribution < 1.29 is 13.2 Å². The van der Waals surface area contributed by atoms with Crippen LogP contribution in [0.25, 0.3) is 0 Å². The van der Waals surface area contributed by atoms with Crippen molar-refractivity contribution in [1.82, 2.24) is 0 Å². The van der Waals surface area contributed by atoms with Crippen molar-refractivity contribution in [2.45, 2.75) is 38.4 Å². The first kappa shape index (κ1) is 12.3. The largest absolute Gasteiger partial charge is 0.416 e. The average molecular weight is 243 g/mol. The van der Waals surface area contributed by atoms with Gasteiger partial charge in [0.1, 0.15) is 0 Å². The molecule has 1 fully saturated rings. The van der Waals surface area contributed by atoms with Crippen LogP contribution in [0.3, 0.4) is 0 Å². The van der Waals surface area contributed by atoms with E-state index in [4.69, 9.17) is 0 Å². The number of rotatable bonds is 3. The maximum absolute atomic E-state index is 12.4. The van der Waals surface area contributed by atoms with Gasteiger partial charge in [0.25, 0.3) is 0 Å². The third kappa shape index (κ3) is 2.93. The molecule has 0 radical (unpaired) electrons. The zero-order valence-corrected chi connectivity index (χ0v) is 9.72. The minimum Gasteiger partial charge on any atom is -0.382 e. The Morgan fingerprint density at radius 1 is 1.18 bits per heavy atom. The smallest absolute Gasteiger partial charge is 0.382 e. The molecule has 0 spiro atoms. The molecule has 1 saturated carbocycles. The summed E-state index contributed by atoms with van der Waals surface area (Å²) >= 11 is 0. The molecule has 1 N–H and O–H groups in total. The number of benzene rings is 1. The molecule has 0 aliphatic heterocycles. The van der Waals surface area contributed by atoms with Crippen LogP contribution < -0.4 is 5.32 Å². The molecule has 0 saturated heterocycles. The highest BCUT2D eigenvalue weighted by Crippen LogP contribution is 2.32. The van der Waals surface area contributed by atoms with Crippen molar-refractivity contribution in [3.63, 3.8) is 0 Å². The first-order valence-electron chi connectivity index (χ1n) is 5.90. The summed E-state index contributed by atoms with van der Waals surface area (Å²) < 4.78 is 37.1. The molecule has 0 heterocycles. The fourth-order valence-corrected chi connectivity index (χ4v) is 2.08. The summed E-state index contributed by atoms with van der Waals surface area (Å²) in [6.45, 7) is 2.08. The van der Waals surface area contributed by atoms with Gasteiger partial charge in [-0.15, -0.1) is 0 Å². The van der Waals surface area contributed by atoms with Crippen LogP contribution in [0.5, 0.6) is 0 Å². The van der Waals surface area contributed by atoms with Crippen LogP contribution in [0, 0.1) is 5.92 Å². The zero-order valence-electron chi connectivity index (χ0n) is 9.72. The van der Waals surface area contributed by atoms with E-state index < -0.39 is 11.7 Å². The highest BCUT2D eigenvalue weighted by molar-refractivity contribution is 5.46. The molecule has 4 heteroatoms. The molecule has 0 bridgehead atoms. The van der Waals surface area contributed by atoms with Gasteiger partial charge < -0.3 is 5.32 Å². The molecule has 0 aromatic heterocycles. The number of nitrogens with one attached hydrogen (secondary N) is 1. The minimum atomic E-state index is -4.25. The molecule has 0 amide bonds. The minimum absolute atomic E-state index is 0.334. The molecule has 94 valence electrons. The van der Waals surface area contributed by atoms with Crippen LogP contribution in [0.1, 0.15) is 31.7 Å². The number of hydrogen-bond acceptors (Lipinski definition) is 1. The van der Waals surface area contributed by atoms with Crippen molar-refractivity contribution in [2.75, 3.05) is 5.32 Å². The molecule has 2 rings (SSSR count). The molecular weight excluding hydrogens is 227 g/mol. The Kier molecular flexibility index (Phi) is 3.31. The van der Waals surface area contributed by atoms with Crippen LogP contribution in [0.15, 0.2) is 24.3 Å². The lowest BCUT2D eigenvalue weighted by Gasteiger charge is -2.32. The van der Waals surface area contributed by atoms with Gasteiger partial charge in [-0.1, -0.05) is 6.42 Å². The lowest BCUT2D eigenvalue weighted by molar-refractivity contribution is -0.137. The molecule has 1 aliphatic carbocycles. The fourth-order valence-electron chi connectivity index (χ4n) is 2.08. The quantitative estimate of drug-likeness (QED) is 0.834. The van der Waals surface area contributed by atoms with Crippen LogP contribution in [0.2, 0.25) is 0 Å². The van der Waals surface area contributed by atoms with Gasteiger partial charge in [-0.05, 0) is 49.9 Å². The van der Waals surface area contributed by atoms with Crippen molar-refractivity contribution in [2.24, 2.45) is 5.92 Å². The Morgan fingerprint density at radius 2 is 1.76 bits per heavy atom. The van der Waals surface area contributed by atoms with Gasteiger partial charge in [0.05, 0.1) is 5.56 Å². The summed E-state index contributed by atoms with van der Waals surface area (Å²) in [6, 6.07) is 5.57. The average Bonchev–Trinajstić information content (AvgIpc) is 2.13. The monoisotopic (exact) mass is 243 g/mol. The number of alkyl halides is 3. The predicted octanol–water partition coefficient (Wildman–Crippen LogP) is 4.31. The number of anilines is 1. The van der Waals surface area contributed by atoms with E-state index in [0.717, 1.165) is 17.8 Å². The van der Waals surface area contributed by atoms with Crippen molar-refractivity contribution in [3.05, 3.63) is 29.8 Å². The van der Waals surface area contributed by atoms with Crippen LogP contribution >= 0.6 is 0 Å². The third-order valence-corrected chi connectivity index (χ3v) is 3.46. The zero-order chi connectivity index (χ0) is 12.5. The van der Waals surface area contributed by atoms with Gasteiger partial charge in [-0.2, -0.15) is 13.2 Å². The summed E-state index contributed by atoms with van der Waals surface area (Å²) in [5.74, 6) is 0.664. The highest BCUT2D eigenvalue weighted by atomic mass is 19.4. The second kappa shape index (κ2) is 4.59. The van der Waals surface area contributed by atoms with Gasteiger partial charge in [-0.3, -0.25) is 0 Å². The summed E-state index contributed by atoms with van der Waals surface area (Å²) in [7, 11) is 0. The van der Waals surface area contributed by atoms with Crippen LogP contribution in [0.4, 0.5) is 18.9 Å². The van der Waals surface area contributed by atoms with Gasteiger partial charge in [-0.25, -0.2) is 0 Å². The van der Waals surface area contributed by atoms with E-state index in [1.54, 1.807) is 0 Å². The normalized spacial score (nSPS) is 18.6. The summed E-state index contributed by atoms with van der Waals surface area (Å²) in [5.41, 5.74) is 0.164. The first-order valence-corrected chi connectivity index (χ1v) is 5.90. The number of halogens is 3. The molecule has 1 unspecified atom stereocenters. The second-order valence-corrected chi connectivity index (χ2v) is 4.70. The van der Waals surface area contributed by atoms with Crippen LogP contribution in [-0.4, -0.2) is 6.04 Å². The lowest BCUT2D eigenvalue weighted by atomic mass is 9.80. The van der Waals surface area contributed by atoms with Crippen LogP contribution in [-0.2, 0) is 6.18 Å². The molecule has 1 aromatic rings.